The summed E-state index contributed by atoms with van der Waals surface area (Å²) in [5, 5.41) is 5.06. The van der Waals surface area contributed by atoms with E-state index in [1.807, 2.05) is 93.6 Å². The number of hydrogen-bond acceptors (Lipinski definition) is 6. The normalized spacial score (nSPS) is 12.1. The molecule has 0 saturated carbocycles. The van der Waals surface area contributed by atoms with Crippen molar-refractivity contribution < 1.29 is 0 Å². The Morgan fingerprint density at radius 1 is 0.842 bits per heavy atom. The molecule has 0 amide bonds. The molecular formula is C31H26N6O. The Hall–Kier alpha value is -4.91. The van der Waals surface area contributed by atoms with Crippen LogP contribution in [0.3, 0.4) is 0 Å². The van der Waals surface area contributed by atoms with Gasteiger partial charge in [0.25, 0.3) is 5.56 Å². The predicted octanol–water partition coefficient (Wildman–Crippen LogP) is 6.18. The highest BCUT2D eigenvalue weighted by atomic mass is 16.1. The molecule has 186 valence electrons. The summed E-state index contributed by atoms with van der Waals surface area (Å²) >= 11 is 0. The van der Waals surface area contributed by atoms with Gasteiger partial charge in [0, 0.05) is 29.5 Å². The van der Waals surface area contributed by atoms with Crippen LogP contribution in [0.2, 0.25) is 0 Å². The Bertz CT molecular complexity index is 1860. The van der Waals surface area contributed by atoms with Gasteiger partial charge >= 0.3 is 0 Å². The Morgan fingerprint density at radius 3 is 2.50 bits per heavy atom. The van der Waals surface area contributed by atoms with E-state index in [2.05, 4.69) is 31.3 Å². The van der Waals surface area contributed by atoms with Crippen molar-refractivity contribution in [2.45, 2.75) is 26.8 Å². The lowest BCUT2D eigenvalue weighted by molar-refractivity contribution is 0.773. The minimum absolute atomic E-state index is 0.0794. The lowest BCUT2D eigenvalue weighted by Gasteiger charge is -2.22. The van der Waals surface area contributed by atoms with E-state index >= 15 is 0 Å². The van der Waals surface area contributed by atoms with E-state index in [4.69, 9.17) is 0 Å². The summed E-state index contributed by atoms with van der Waals surface area (Å²) in [5.41, 5.74) is 5.75. The van der Waals surface area contributed by atoms with E-state index in [0.29, 0.717) is 22.5 Å². The van der Waals surface area contributed by atoms with Crippen LogP contribution < -0.4 is 10.9 Å². The van der Waals surface area contributed by atoms with Crippen LogP contribution >= 0.6 is 0 Å². The third kappa shape index (κ3) is 4.18. The molecule has 38 heavy (non-hydrogen) atoms. The van der Waals surface area contributed by atoms with E-state index in [1.54, 1.807) is 17.0 Å². The van der Waals surface area contributed by atoms with Crippen LogP contribution in [0, 0.1) is 13.8 Å². The average molecular weight is 499 g/mol. The summed E-state index contributed by atoms with van der Waals surface area (Å²) in [6.45, 7) is 5.85. The van der Waals surface area contributed by atoms with E-state index < -0.39 is 0 Å². The van der Waals surface area contributed by atoms with Crippen LogP contribution in [-0.2, 0) is 0 Å². The van der Waals surface area contributed by atoms with Crippen molar-refractivity contribution in [3.05, 3.63) is 119 Å². The SMILES string of the molecule is Cc1cc(-c2cccc3cc([C@H](C)Nc4nc(C)nc5cccnc45)n(-c4ccccc4)c(=O)c23)ccn1. The first kappa shape index (κ1) is 23.5. The molecule has 0 fully saturated rings. The van der Waals surface area contributed by atoms with Gasteiger partial charge in [0.1, 0.15) is 11.3 Å². The number of nitrogens with one attached hydrogen (secondary N) is 1. The van der Waals surface area contributed by atoms with Crippen molar-refractivity contribution in [1.29, 1.82) is 0 Å². The number of aromatic nitrogens is 5. The monoisotopic (exact) mass is 498 g/mol. The molecule has 7 heteroatoms. The first-order chi connectivity index (χ1) is 18.5. The molecule has 2 aromatic carbocycles. The zero-order chi connectivity index (χ0) is 26.2. The van der Waals surface area contributed by atoms with Gasteiger partial charge in [-0.3, -0.25) is 19.3 Å². The van der Waals surface area contributed by atoms with Gasteiger partial charge in [-0.2, -0.15) is 0 Å². The molecule has 0 unspecified atom stereocenters. The zero-order valence-corrected chi connectivity index (χ0v) is 21.4. The highest BCUT2D eigenvalue weighted by Crippen LogP contribution is 2.31. The lowest BCUT2D eigenvalue weighted by Crippen LogP contribution is -2.26. The maximum Gasteiger partial charge on any atom is 0.263 e. The minimum Gasteiger partial charge on any atom is -0.360 e. The largest absolute Gasteiger partial charge is 0.360 e. The number of rotatable bonds is 5. The fourth-order valence-corrected chi connectivity index (χ4v) is 4.96. The van der Waals surface area contributed by atoms with Gasteiger partial charge in [0.15, 0.2) is 5.82 Å². The van der Waals surface area contributed by atoms with Crippen LogP contribution in [0.4, 0.5) is 5.82 Å². The number of hydrogen-bond donors (Lipinski definition) is 1. The Kier molecular flexibility index (Phi) is 5.88. The highest BCUT2D eigenvalue weighted by Gasteiger charge is 2.20. The van der Waals surface area contributed by atoms with E-state index in [9.17, 15) is 4.79 Å². The molecule has 6 rings (SSSR count). The number of anilines is 1. The maximum atomic E-state index is 14.3. The van der Waals surface area contributed by atoms with Crippen LogP contribution in [0.25, 0.3) is 38.6 Å². The van der Waals surface area contributed by atoms with E-state index in [1.165, 1.54) is 0 Å². The van der Waals surface area contributed by atoms with Gasteiger partial charge in [-0.05, 0) is 79.7 Å². The van der Waals surface area contributed by atoms with Crippen molar-refractivity contribution in [3.63, 3.8) is 0 Å². The van der Waals surface area contributed by atoms with Gasteiger partial charge in [-0.25, -0.2) is 9.97 Å². The third-order valence-electron chi connectivity index (χ3n) is 6.66. The Balaban J connectivity index is 1.57. The Morgan fingerprint density at radius 2 is 1.68 bits per heavy atom. The summed E-state index contributed by atoms with van der Waals surface area (Å²) in [4.78, 5) is 32.3. The van der Waals surface area contributed by atoms with Crippen LogP contribution in [-0.4, -0.2) is 24.5 Å². The summed E-state index contributed by atoms with van der Waals surface area (Å²) in [7, 11) is 0. The van der Waals surface area contributed by atoms with Crippen LogP contribution in [0.1, 0.15) is 30.2 Å². The molecule has 0 saturated heterocycles. The minimum atomic E-state index is -0.265. The molecule has 4 aromatic heterocycles. The van der Waals surface area contributed by atoms with E-state index in [0.717, 1.165) is 39.1 Å². The number of aryl methyl sites for hydroxylation is 2. The number of fused-ring (bicyclic) bond motifs is 2. The first-order valence-electron chi connectivity index (χ1n) is 12.5. The molecule has 1 N–H and O–H groups in total. The topological polar surface area (TPSA) is 85.6 Å². The third-order valence-corrected chi connectivity index (χ3v) is 6.66. The number of benzene rings is 2. The Labute approximate surface area is 219 Å². The van der Waals surface area contributed by atoms with Crippen molar-refractivity contribution in [1.82, 2.24) is 24.5 Å². The van der Waals surface area contributed by atoms with Gasteiger partial charge in [-0.15, -0.1) is 0 Å². The van der Waals surface area contributed by atoms with Gasteiger partial charge in [0.2, 0.25) is 0 Å². The van der Waals surface area contributed by atoms with Gasteiger partial charge in [-0.1, -0.05) is 36.4 Å². The van der Waals surface area contributed by atoms with Gasteiger partial charge in [0.05, 0.1) is 16.9 Å². The smallest absolute Gasteiger partial charge is 0.263 e. The van der Waals surface area contributed by atoms with Crippen LogP contribution in [0.5, 0.6) is 0 Å². The summed E-state index contributed by atoms with van der Waals surface area (Å²) in [6, 6.07) is 25.3. The van der Waals surface area contributed by atoms with Crippen molar-refractivity contribution in [2.75, 3.05) is 5.32 Å². The molecule has 7 nitrogen and oxygen atoms in total. The predicted molar refractivity (Wildman–Crippen MR) is 152 cm³/mol. The highest BCUT2D eigenvalue weighted by molar-refractivity contribution is 5.96. The standard InChI is InChI=1S/C31H26N6O/c1-19-17-22(14-16-32-19)25-12-7-9-23-18-27(37(31(38)28(23)25)24-10-5-4-6-11-24)20(2)34-30-29-26(13-8-15-33-29)35-21(3)36-30/h4-18,20H,1-3H3,(H,34,35,36)/t20-/m0/s1. The fourth-order valence-electron chi connectivity index (χ4n) is 4.96. The lowest BCUT2D eigenvalue weighted by atomic mass is 9.98. The van der Waals surface area contributed by atoms with Crippen LogP contribution in [0.15, 0.2) is 96.1 Å². The summed E-state index contributed by atoms with van der Waals surface area (Å²) < 4.78 is 1.79. The number of para-hydroxylation sites is 1. The number of nitrogens with zero attached hydrogens (tertiary/aromatic N) is 5. The summed E-state index contributed by atoms with van der Waals surface area (Å²) in [5.74, 6) is 1.28. The molecule has 6 aromatic rings. The maximum absolute atomic E-state index is 14.3. The zero-order valence-electron chi connectivity index (χ0n) is 21.4. The summed E-state index contributed by atoms with van der Waals surface area (Å²) in [6.07, 6.45) is 3.51. The first-order valence-corrected chi connectivity index (χ1v) is 12.5. The molecular weight excluding hydrogens is 472 g/mol. The average Bonchev–Trinajstić information content (AvgIpc) is 2.93. The second-order valence-electron chi connectivity index (χ2n) is 9.36. The van der Waals surface area contributed by atoms with Crippen molar-refractivity contribution in [3.8, 4) is 16.8 Å². The quantitative estimate of drug-likeness (QED) is 0.305. The second kappa shape index (κ2) is 9.52. The van der Waals surface area contributed by atoms with E-state index in [-0.39, 0.29) is 11.6 Å². The van der Waals surface area contributed by atoms with Gasteiger partial charge < -0.3 is 5.32 Å². The van der Waals surface area contributed by atoms with Crippen molar-refractivity contribution >= 4 is 27.6 Å². The molecule has 1 atom stereocenters. The fraction of sp³-hybridized carbons (Fsp3) is 0.129. The van der Waals surface area contributed by atoms with Crippen molar-refractivity contribution in [2.24, 2.45) is 0 Å². The number of pyridine rings is 3. The molecule has 0 bridgehead atoms. The molecule has 0 radical (unpaired) electrons. The molecule has 0 spiro atoms. The second-order valence-corrected chi connectivity index (χ2v) is 9.36. The molecule has 4 heterocycles. The molecule has 0 aliphatic rings. The molecule has 0 aliphatic heterocycles. The molecule has 0 aliphatic carbocycles.